The van der Waals surface area contributed by atoms with E-state index >= 15 is 0 Å². The Kier molecular flexibility index (Phi) is 22.0. The fourth-order valence-corrected chi connectivity index (χ4v) is 8.83. The molecule has 2 heteroatoms. The third kappa shape index (κ3) is 17.1. The lowest BCUT2D eigenvalue weighted by Gasteiger charge is -2.32. The van der Waals surface area contributed by atoms with Crippen LogP contribution in [-0.2, 0) is 4.43 Å². The van der Waals surface area contributed by atoms with E-state index in [1.165, 1.54) is 134 Å². The normalized spacial score (nSPS) is 12.0. The summed E-state index contributed by atoms with van der Waals surface area (Å²) < 4.78 is 6.92. The molecule has 0 atom stereocenters. The van der Waals surface area contributed by atoms with Crippen LogP contribution in [0.15, 0.2) is 0 Å². The lowest BCUT2D eigenvalue weighted by atomic mass is 10.1. The molecule has 0 saturated carbocycles. The predicted octanol–water partition coefficient (Wildman–Crippen LogP) is 10.0. The zero-order chi connectivity index (χ0) is 20.8. The summed E-state index contributed by atoms with van der Waals surface area (Å²) in [6.45, 7) is 10.4. The first kappa shape index (κ1) is 28.2. The van der Waals surface area contributed by atoms with Crippen molar-refractivity contribution in [2.75, 3.05) is 6.61 Å². The molecule has 0 heterocycles. The highest BCUT2D eigenvalue weighted by atomic mass is 28.4. The highest BCUT2D eigenvalue weighted by Gasteiger charge is 2.33. The van der Waals surface area contributed by atoms with E-state index in [1.807, 2.05) is 0 Å². The minimum absolute atomic E-state index is 1.06. The SMILES string of the molecule is CCCCCCCCO[Si](CCCCCC)(CCCCCC)CCCCCC. The first-order valence-corrected chi connectivity index (χ1v) is 15.9. The van der Waals surface area contributed by atoms with Crippen LogP contribution in [0.1, 0.15) is 143 Å². The fourth-order valence-electron chi connectivity index (χ4n) is 4.38. The monoisotopic (exact) mass is 412 g/mol. The van der Waals surface area contributed by atoms with Crippen molar-refractivity contribution in [1.29, 1.82) is 0 Å². The van der Waals surface area contributed by atoms with Crippen LogP contribution < -0.4 is 0 Å². The van der Waals surface area contributed by atoms with E-state index in [1.54, 1.807) is 0 Å². The van der Waals surface area contributed by atoms with Crippen LogP contribution in [0.2, 0.25) is 18.1 Å². The molecule has 0 N–H and O–H groups in total. The molecule has 0 aromatic heterocycles. The molecule has 0 amide bonds. The summed E-state index contributed by atoms with van der Waals surface area (Å²) in [5, 5.41) is 0. The van der Waals surface area contributed by atoms with E-state index in [0.29, 0.717) is 0 Å². The van der Waals surface area contributed by atoms with Gasteiger partial charge < -0.3 is 4.43 Å². The Morgan fingerprint density at radius 3 is 1.11 bits per heavy atom. The van der Waals surface area contributed by atoms with Crippen LogP contribution in [0, 0.1) is 0 Å². The zero-order valence-electron chi connectivity index (χ0n) is 20.5. The largest absolute Gasteiger partial charge is 0.417 e. The van der Waals surface area contributed by atoms with Crippen molar-refractivity contribution < 1.29 is 4.43 Å². The van der Waals surface area contributed by atoms with Gasteiger partial charge >= 0.3 is 0 Å². The standard InChI is InChI=1S/C26H56OSi/c1-5-9-13-17-18-19-23-27-28(24-20-14-10-6-2,25-21-15-11-7-3)26-22-16-12-8-4/h5-26H2,1-4H3. The Bertz CT molecular complexity index is 261. The summed E-state index contributed by atoms with van der Waals surface area (Å²) in [7, 11) is -1.52. The third-order valence-electron chi connectivity index (χ3n) is 6.36. The van der Waals surface area contributed by atoms with Crippen molar-refractivity contribution in [1.82, 2.24) is 0 Å². The molecule has 0 spiro atoms. The van der Waals surface area contributed by atoms with Gasteiger partial charge in [0.25, 0.3) is 0 Å². The molecule has 28 heavy (non-hydrogen) atoms. The smallest absolute Gasteiger partial charge is 0.192 e. The molecule has 0 aliphatic heterocycles. The highest BCUT2D eigenvalue weighted by Crippen LogP contribution is 2.31. The van der Waals surface area contributed by atoms with E-state index in [0.717, 1.165) is 6.61 Å². The van der Waals surface area contributed by atoms with Crippen LogP contribution in [-0.4, -0.2) is 14.9 Å². The van der Waals surface area contributed by atoms with Gasteiger partial charge in [0.1, 0.15) is 0 Å². The van der Waals surface area contributed by atoms with Gasteiger partial charge in [-0.25, -0.2) is 0 Å². The Morgan fingerprint density at radius 1 is 0.393 bits per heavy atom. The molecular formula is C26H56OSi. The quantitative estimate of drug-likeness (QED) is 0.120. The van der Waals surface area contributed by atoms with Crippen LogP contribution in [0.25, 0.3) is 0 Å². The number of hydrogen-bond donors (Lipinski definition) is 0. The van der Waals surface area contributed by atoms with Gasteiger partial charge in [-0.15, -0.1) is 0 Å². The van der Waals surface area contributed by atoms with Gasteiger partial charge in [0, 0.05) is 6.61 Å². The average Bonchev–Trinajstić information content (AvgIpc) is 2.71. The molecule has 170 valence electrons. The molecular weight excluding hydrogens is 356 g/mol. The van der Waals surface area contributed by atoms with Crippen LogP contribution >= 0.6 is 0 Å². The topological polar surface area (TPSA) is 9.23 Å². The van der Waals surface area contributed by atoms with Gasteiger partial charge in [-0.05, 0) is 24.6 Å². The first-order valence-electron chi connectivity index (χ1n) is 13.4. The molecule has 1 nitrogen and oxygen atoms in total. The van der Waals surface area contributed by atoms with Gasteiger partial charge in [0.2, 0.25) is 0 Å². The second-order valence-electron chi connectivity index (χ2n) is 9.23. The molecule has 0 unspecified atom stereocenters. The van der Waals surface area contributed by atoms with E-state index < -0.39 is 8.32 Å². The predicted molar refractivity (Wildman–Crippen MR) is 132 cm³/mol. The zero-order valence-corrected chi connectivity index (χ0v) is 21.5. The maximum absolute atomic E-state index is 6.92. The fraction of sp³-hybridized carbons (Fsp3) is 1.00. The van der Waals surface area contributed by atoms with E-state index in [2.05, 4.69) is 27.7 Å². The Labute approximate surface area is 180 Å². The number of hydrogen-bond acceptors (Lipinski definition) is 1. The molecule has 0 radical (unpaired) electrons. The molecule has 0 aliphatic rings. The van der Waals surface area contributed by atoms with E-state index in [-0.39, 0.29) is 0 Å². The minimum Gasteiger partial charge on any atom is -0.417 e. The third-order valence-corrected chi connectivity index (χ3v) is 11.0. The molecule has 0 saturated heterocycles. The van der Waals surface area contributed by atoms with Gasteiger partial charge in [0.15, 0.2) is 8.32 Å². The van der Waals surface area contributed by atoms with Gasteiger partial charge in [-0.3, -0.25) is 0 Å². The average molecular weight is 413 g/mol. The van der Waals surface area contributed by atoms with E-state index in [4.69, 9.17) is 4.43 Å². The van der Waals surface area contributed by atoms with Crippen molar-refractivity contribution in [3.8, 4) is 0 Å². The van der Waals surface area contributed by atoms with Gasteiger partial charge in [-0.2, -0.15) is 0 Å². The van der Waals surface area contributed by atoms with Crippen molar-refractivity contribution in [2.24, 2.45) is 0 Å². The Balaban J connectivity index is 4.58. The molecule has 0 fully saturated rings. The maximum Gasteiger partial charge on any atom is 0.192 e. The first-order chi connectivity index (χ1) is 13.7. The Morgan fingerprint density at radius 2 is 0.714 bits per heavy atom. The Hall–Kier alpha value is 0.177. The van der Waals surface area contributed by atoms with Crippen molar-refractivity contribution >= 4 is 8.32 Å². The van der Waals surface area contributed by atoms with Crippen molar-refractivity contribution in [3.05, 3.63) is 0 Å². The summed E-state index contributed by atoms with van der Waals surface area (Å²) in [5.41, 5.74) is 0. The minimum atomic E-state index is -1.52. The number of rotatable bonds is 23. The van der Waals surface area contributed by atoms with Crippen molar-refractivity contribution in [3.63, 3.8) is 0 Å². The summed E-state index contributed by atoms with van der Waals surface area (Å²) in [6.07, 6.45) is 25.1. The van der Waals surface area contributed by atoms with Crippen LogP contribution in [0.5, 0.6) is 0 Å². The second kappa shape index (κ2) is 21.9. The van der Waals surface area contributed by atoms with Crippen LogP contribution in [0.3, 0.4) is 0 Å². The van der Waals surface area contributed by atoms with E-state index in [9.17, 15) is 0 Å². The van der Waals surface area contributed by atoms with Gasteiger partial charge in [-0.1, -0.05) is 137 Å². The van der Waals surface area contributed by atoms with Crippen LogP contribution in [0.4, 0.5) is 0 Å². The lowest BCUT2D eigenvalue weighted by Crippen LogP contribution is -2.38. The molecule has 0 bridgehead atoms. The molecule has 0 aromatic rings. The molecule has 0 rings (SSSR count). The lowest BCUT2D eigenvalue weighted by molar-refractivity contribution is 0.281. The summed E-state index contributed by atoms with van der Waals surface area (Å²) >= 11 is 0. The van der Waals surface area contributed by atoms with Crippen molar-refractivity contribution in [2.45, 2.75) is 161 Å². The highest BCUT2D eigenvalue weighted by molar-refractivity contribution is 6.73. The second-order valence-corrected chi connectivity index (χ2v) is 13.4. The number of unbranched alkanes of at least 4 members (excludes halogenated alkanes) is 14. The molecule has 0 aliphatic carbocycles. The maximum atomic E-state index is 6.92. The summed E-state index contributed by atoms with van der Waals surface area (Å²) in [4.78, 5) is 0. The summed E-state index contributed by atoms with van der Waals surface area (Å²) in [5.74, 6) is 0. The summed E-state index contributed by atoms with van der Waals surface area (Å²) in [6, 6.07) is 4.34. The molecule has 0 aromatic carbocycles. The van der Waals surface area contributed by atoms with Gasteiger partial charge in [0.05, 0.1) is 0 Å².